The van der Waals surface area contributed by atoms with E-state index in [9.17, 15) is 4.79 Å². The average Bonchev–Trinajstić information content (AvgIpc) is 2.36. The fourth-order valence-electron chi connectivity index (χ4n) is 1.74. The predicted octanol–water partition coefficient (Wildman–Crippen LogP) is 3.31. The summed E-state index contributed by atoms with van der Waals surface area (Å²) in [5, 5.41) is 0. The topological polar surface area (TPSA) is 35.5 Å². The Kier molecular flexibility index (Phi) is 5.69. The van der Waals surface area contributed by atoms with Crippen LogP contribution in [-0.2, 0) is 16.0 Å². The van der Waals surface area contributed by atoms with Crippen LogP contribution >= 0.6 is 0 Å². The van der Waals surface area contributed by atoms with Crippen LogP contribution in [0.15, 0.2) is 18.2 Å². The van der Waals surface area contributed by atoms with Gasteiger partial charge in [0.1, 0.15) is 5.75 Å². The number of benzene rings is 1. The maximum atomic E-state index is 11.3. The van der Waals surface area contributed by atoms with E-state index in [0.29, 0.717) is 12.3 Å². The van der Waals surface area contributed by atoms with Crippen LogP contribution in [0.4, 0.5) is 0 Å². The molecule has 0 saturated heterocycles. The Hall–Kier alpha value is -1.51. The normalized spacial score (nSPS) is 10.5. The predicted molar refractivity (Wildman–Crippen MR) is 72.0 cm³/mol. The van der Waals surface area contributed by atoms with E-state index in [-0.39, 0.29) is 5.97 Å². The number of ether oxygens (including phenoxy) is 2. The van der Waals surface area contributed by atoms with Gasteiger partial charge in [0.2, 0.25) is 0 Å². The zero-order valence-corrected chi connectivity index (χ0v) is 11.7. The van der Waals surface area contributed by atoms with Crippen LogP contribution in [0.5, 0.6) is 5.75 Å². The molecule has 0 amide bonds. The maximum Gasteiger partial charge on any atom is 0.309 e. The van der Waals surface area contributed by atoms with Gasteiger partial charge in [-0.15, -0.1) is 0 Å². The number of rotatable bonds is 6. The lowest BCUT2D eigenvalue weighted by atomic mass is 9.98. The van der Waals surface area contributed by atoms with Crippen LogP contribution in [0, 0.1) is 0 Å². The molecule has 0 radical (unpaired) electrons. The van der Waals surface area contributed by atoms with Gasteiger partial charge >= 0.3 is 5.97 Å². The van der Waals surface area contributed by atoms with Gasteiger partial charge in [-0.05, 0) is 29.5 Å². The molecule has 0 aliphatic heterocycles. The average molecular weight is 250 g/mol. The summed E-state index contributed by atoms with van der Waals surface area (Å²) >= 11 is 0. The number of carbonyl (C=O) groups is 1. The Labute approximate surface area is 109 Å². The van der Waals surface area contributed by atoms with E-state index < -0.39 is 0 Å². The van der Waals surface area contributed by atoms with Crippen molar-refractivity contribution in [2.45, 2.75) is 39.5 Å². The van der Waals surface area contributed by atoms with Crippen molar-refractivity contribution in [3.63, 3.8) is 0 Å². The van der Waals surface area contributed by atoms with Gasteiger partial charge in [0, 0.05) is 0 Å². The molecule has 0 atom stereocenters. The molecule has 1 aromatic carbocycles. The largest absolute Gasteiger partial charge is 0.493 e. The lowest BCUT2D eigenvalue weighted by molar-refractivity contribution is -0.139. The molecule has 0 saturated carbocycles. The first-order valence-electron chi connectivity index (χ1n) is 6.40. The monoisotopic (exact) mass is 250 g/mol. The van der Waals surface area contributed by atoms with Gasteiger partial charge in [0.05, 0.1) is 20.1 Å². The van der Waals surface area contributed by atoms with E-state index in [1.807, 2.05) is 18.2 Å². The smallest absolute Gasteiger partial charge is 0.309 e. The van der Waals surface area contributed by atoms with Gasteiger partial charge in [-0.2, -0.15) is 0 Å². The van der Waals surface area contributed by atoms with Crippen LogP contribution in [-0.4, -0.2) is 19.7 Å². The minimum atomic E-state index is -0.216. The molecule has 3 nitrogen and oxygen atoms in total. The molecule has 0 unspecified atom stereocenters. The van der Waals surface area contributed by atoms with Crippen molar-refractivity contribution in [1.29, 1.82) is 0 Å². The summed E-state index contributed by atoms with van der Waals surface area (Å²) in [4.78, 5) is 11.3. The van der Waals surface area contributed by atoms with E-state index in [0.717, 1.165) is 29.9 Å². The number of esters is 1. The molecule has 3 heteroatoms. The van der Waals surface area contributed by atoms with Gasteiger partial charge in [0.25, 0.3) is 0 Å². The molecule has 100 valence electrons. The first-order chi connectivity index (χ1) is 8.58. The molecular weight excluding hydrogens is 228 g/mol. The third-order valence-corrected chi connectivity index (χ3v) is 2.73. The van der Waals surface area contributed by atoms with Crippen molar-refractivity contribution in [2.24, 2.45) is 0 Å². The third-order valence-electron chi connectivity index (χ3n) is 2.73. The summed E-state index contributed by atoms with van der Waals surface area (Å²) in [7, 11) is 1.41. The van der Waals surface area contributed by atoms with E-state index in [1.54, 1.807) is 0 Å². The first-order valence-corrected chi connectivity index (χ1v) is 6.40. The molecule has 0 heterocycles. The Bertz CT molecular complexity index is 397. The summed E-state index contributed by atoms with van der Waals surface area (Å²) < 4.78 is 10.4. The number of hydrogen-bond donors (Lipinski definition) is 0. The SMILES string of the molecule is CCCOc1ccc(CC(=O)OC)cc1C(C)C. The Balaban J connectivity index is 2.92. The zero-order valence-electron chi connectivity index (χ0n) is 11.7. The fraction of sp³-hybridized carbons (Fsp3) is 0.533. The second-order valence-electron chi connectivity index (χ2n) is 4.63. The molecule has 0 bridgehead atoms. The van der Waals surface area contributed by atoms with Gasteiger partial charge in [0.15, 0.2) is 0 Å². The van der Waals surface area contributed by atoms with E-state index in [1.165, 1.54) is 7.11 Å². The molecule has 0 fully saturated rings. The van der Waals surface area contributed by atoms with Crippen molar-refractivity contribution >= 4 is 5.97 Å². The highest BCUT2D eigenvalue weighted by molar-refractivity contribution is 5.72. The highest BCUT2D eigenvalue weighted by atomic mass is 16.5. The molecule has 1 rings (SSSR count). The Morgan fingerprint density at radius 3 is 2.61 bits per heavy atom. The number of carbonyl (C=O) groups excluding carboxylic acids is 1. The van der Waals surface area contributed by atoms with Crippen LogP contribution in [0.25, 0.3) is 0 Å². The molecule has 1 aromatic rings. The van der Waals surface area contributed by atoms with Gasteiger partial charge in [-0.25, -0.2) is 0 Å². The van der Waals surface area contributed by atoms with Crippen molar-refractivity contribution in [3.05, 3.63) is 29.3 Å². The summed E-state index contributed by atoms with van der Waals surface area (Å²) in [6.07, 6.45) is 1.30. The van der Waals surface area contributed by atoms with E-state index in [2.05, 4.69) is 25.5 Å². The molecule has 0 aromatic heterocycles. The van der Waals surface area contributed by atoms with Crippen molar-refractivity contribution in [2.75, 3.05) is 13.7 Å². The summed E-state index contributed by atoms with van der Waals surface area (Å²) in [5.41, 5.74) is 2.11. The summed E-state index contributed by atoms with van der Waals surface area (Å²) in [6.45, 7) is 7.04. The lowest BCUT2D eigenvalue weighted by Crippen LogP contribution is -2.06. The molecule has 18 heavy (non-hydrogen) atoms. The highest BCUT2D eigenvalue weighted by Gasteiger charge is 2.11. The summed E-state index contributed by atoms with van der Waals surface area (Å²) in [5.74, 6) is 1.07. The van der Waals surface area contributed by atoms with E-state index >= 15 is 0 Å². The number of hydrogen-bond acceptors (Lipinski definition) is 3. The van der Waals surface area contributed by atoms with Gasteiger partial charge < -0.3 is 9.47 Å². The molecule has 0 N–H and O–H groups in total. The zero-order chi connectivity index (χ0) is 13.5. The second-order valence-corrected chi connectivity index (χ2v) is 4.63. The van der Waals surface area contributed by atoms with Crippen LogP contribution in [0.2, 0.25) is 0 Å². The molecular formula is C15H22O3. The van der Waals surface area contributed by atoms with Crippen molar-refractivity contribution in [1.82, 2.24) is 0 Å². The van der Waals surface area contributed by atoms with E-state index in [4.69, 9.17) is 4.74 Å². The standard InChI is InChI=1S/C15H22O3/c1-5-8-18-14-7-6-12(10-15(16)17-4)9-13(14)11(2)3/h6-7,9,11H,5,8,10H2,1-4H3. The lowest BCUT2D eigenvalue weighted by Gasteiger charge is -2.15. The minimum Gasteiger partial charge on any atom is -0.493 e. The van der Waals surface area contributed by atoms with Crippen LogP contribution in [0.1, 0.15) is 44.2 Å². The fourth-order valence-corrected chi connectivity index (χ4v) is 1.74. The van der Waals surface area contributed by atoms with Gasteiger partial charge in [-0.3, -0.25) is 4.79 Å². The summed E-state index contributed by atoms with van der Waals surface area (Å²) in [6, 6.07) is 5.91. The highest BCUT2D eigenvalue weighted by Crippen LogP contribution is 2.28. The van der Waals surface area contributed by atoms with Gasteiger partial charge in [-0.1, -0.05) is 32.9 Å². The molecule has 0 spiro atoms. The van der Waals surface area contributed by atoms with Crippen LogP contribution in [0.3, 0.4) is 0 Å². The Morgan fingerprint density at radius 2 is 2.06 bits per heavy atom. The number of methoxy groups -OCH3 is 1. The van der Waals surface area contributed by atoms with Crippen molar-refractivity contribution < 1.29 is 14.3 Å². The minimum absolute atomic E-state index is 0.216. The molecule has 0 aliphatic carbocycles. The van der Waals surface area contributed by atoms with Crippen LogP contribution < -0.4 is 4.74 Å². The quantitative estimate of drug-likeness (QED) is 0.727. The second kappa shape index (κ2) is 7.04. The van der Waals surface area contributed by atoms with Crippen molar-refractivity contribution in [3.8, 4) is 5.75 Å². The Morgan fingerprint density at radius 1 is 1.33 bits per heavy atom. The first kappa shape index (κ1) is 14.6. The molecule has 0 aliphatic rings. The third kappa shape index (κ3) is 4.06. The maximum absolute atomic E-state index is 11.3.